The quantitative estimate of drug-likeness (QED) is 0.594. The zero-order valence-electron chi connectivity index (χ0n) is 8.71. The van der Waals surface area contributed by atoms with Gasteiger partial charge in [0.1, 0.15) is 0 Å². The molecule has 0 bridgehead atoms. The van der Waals surface area contributed by atoms with Crippen molar-refractivity contribution in [2.75, 3.05) is 0 Å². The van der Waals surface area contributed by atoms with Gasteiger partial charge in [-0.25, -0.2) is 9.59 Å². The van der Waals surface area contributed by atoms with Crippen LogP contribution in [-0.4, -0.2) is 28.4 Å². The highest BCUT2D eigenvalue weighted by Gasteiger charge is 2.13. The van der Waals surface area contributed by atoms with E-state index in [0.717, 1.165) is 0 Å². The summed E-state index contributed by atoms with van der Waals surface area (Å²) in [5.74, 6) is -1.86. The molecule has 1 rings (SSSR count). The lowest BCUT2D eigenvalue weighted by Gasteiger charge is -2.09. The van der Waals surface area contributed by atoms with E-state index in [0.29, 0.717) is 0 Å². The van der Waals surface area contributed by atoms with Crippen LogP contribution in [0.1, 0.15) is 34.1 Å². The zero-order valence-corrected chi connectivity index (χ0v) is 8.71. The molecule has 1 unspecified atom stereocenters. The number of carbonyl (C=O) groups is 2. The van der Waals surface area contributed by atoms with E-state index in [4.69, 9.17) is 10.2 Å². The summed E-state index contributed by atoms with van der Waals surface area (Å²) in [5.41, 5.74) is 0.104. The maximum Gasteiger partial charge on any atom is 0.340 e. The lowest BCUT2D eigenvalue weighted by atomic mass is 10.1. The molecule has 5 heteroatoms. The van der Waals surface area contributed by atoms with Crippen molar-refractivity contribution in [1.29, 1.82) is 0 Å². The molecule has 2 N–H and O–H groups in total. The number of carboxylic acid groups (broad SMARTS) is 1. The molecule has 0 fully saturated rings. The van der Waals surface area contributed by atoms with Crippen LogP contribution in [0.5, 0.6) is 0 Å². The van der Waals surface area contributed by atoms with Crippen molar-refractivity contribution < 1.29 is 24.5 Å². The van der Waals surface area contributed by atoms with Crippen LogP contribution in [0, 0.1) is 0 Å². The third-order valence-corrected chi connectivity index (χ3v) is 1.94. The second-order valence-electron chi connectivity index (χ2n) is 3.15. The van der Waals surface area contributed by atoms with E-state index in [1.54, 1.807) is 6.92 Å². The number of aliphatic hydroxyl groups excluding tert-OH is 1. The number of aromatic carboxylic acids is 1. The molecular formula is C11H12O5. The maximum absolute atomic E-state index is 11.4. The summed E-state index contributed by atoms with van der Waals surface area (Å²) in [4.78, 5) is 22.1. The zero-order chi connectivity index (χ0) is 12.1. The summed E-state index contributed by atoms with van der Waals surface area (Å²) in [6, 6.07) is 5.44. The van der Waals surface area contributed by atoms with Gasteiger partial charge in [-0.05, 0) is 18.2 Å². The molecule has 0 aromatic heterocycles. The van der Waals surface area contributed by atoms with Crippen LogP contribution in [0.4, 0.5) is 0 Å². The topological polar surface area (TPSA) is 83.8 Å². The molecule has 0 aliphatic carbocycles. The lowest BCUT2D eigenvalue weighted by molar-refractivity contribution is -0.0656. The van der Waals surface area contributed by atoms with Gasteiger partial charge in [0.05, 0.1) is 11.1 Å². The van der Waals surface area contributed by atoms with Crippen LogP contribution in [0.3, 0.4) is 0 Å². The first-order valence-electron chi connectivity index (χ1n) is 4.77. The van der Waals surface area contributed by atoms with Crippen molar-refractivity contribution in [3.05, 3.63) is 35.4 Å². The minimum Gasteiger partial charge on any atom is -0.478 e. The van der Waals surface area contributed by atoms with Crippen LogP contribution in [-0.2, 0) is 4.74 Å². The molecule has 0 heterocycles. The van der Waals surface area contributed by atoms with E-state index in [2.05, 4.69) is 4.74 Å². The van der Waals surface area contributed by atoms with E-state index >= 15 is 0 Å². The van der Waals surface area contributed by atoms with Crippen molar-refractivity contribution in [3.8, 4) is 0 Å². The summed E-state index contributed by atoms with van der Waals surface area (Å²) in [7, 11) is 0. The van der Waals surface area contributed by atoms with Gasteiger partial charge >= 0.3 is 11.9 Å². The van der Waals surface area contributed by atoms with Crippen LogP contribution in [0.2, 0.25) is 0 Å². The number of hydrogen-bond acceptors (Lipinski definition) is 4. The standard InChI is InChI=1S/C11H12O5/c1-2-9(12)16-11(15)8-5-3-4-7(6-8)10(13)14/h3-6,9,12H,2H2,1H3,(H,13,14). The van der Waals surface area contributed by atoms with Gasteiger partial charge in [0.25, 0.3) is 0 Å². The average molecular weight is 224 g/mol. The Balaban J connectivity index is 2.83. The molecule has 0 amide bonds. The maximum atomic E-state index is 11.4. The third-order valence-electron chi connectivity index (χ3n) is 1.94. The highest BCUT2D eigenvalue weighted by molar-refractivity contribution is 5.94. The van der Waals surface area contributed by atoms with E-state index in [9.17, 15) is 9.59 Å². The van der Waals surface area contributed by atoms with Crippen LogP contribution >= 0.6 is 0 Å². The molecule has 1 aromatic carbocycles. The van der Waals surface area contributed by atoms with Gasteiger partial charge in [0.15, 0.2) is 0 Å². The van der Waals surface area contributed by atoms with Crippen molar-refractivity contribution >= 4 is 11.9 Å². The summed E-state index contributed by atoms with van der Waals surface area (Å²) >= 11 is 0. The summed E-state index contributed by atoms with van der Waals surface area (Å²) < 4.78 is 4.64. The minimum atomic E-state index is -1.17. The Morgan fingerprint density at radius 2 is 2.00 bits per heavy atom. The molecule has 0 aliphatic rings. The number of aliphatic hydroxyl groups is 1. The Kier molecular flexibility index (Phi) is 4.02. The van der Waals surface area contributed by atoms with Gasteiger partial charge in [0, 0.05) is 6.42 Å². The molecule has 1 aromatic rings. The van der Waals surface area contributed by atoms with E-state index in [-0.39, 0.29) is 17.5 Å². The van der Waals surface area contributed by atoms with Gasteiger partial charge in [-0.3, -0.25) is 0 Å². The second-order valence-corrected chi connectivity index (χ2v) is 3.15. The van der Waals surface area contributed by atoms with Gasteiger partial charge in [-0.2, -0.15) is 0 Å². The Bertz CT molecular complexity index is 399. The smallest absolute Gasteiger partial charge is 0.340 e. The van der Waals surface area contributed by atoms with Gasteiger partial charge in [0.2, 0.25) is 6.29 Å². The van der Waals surface area contributed by atoms with Crippen molar-refractivity contribution in [2.45, 2.75) is 19.6 Å². The van der Waals surface area contributed by atoms with E-state index < -0.39 is 18.2 Å². The minimum absolute atomic E-state index is 0.000406. The number of benzene rings is 1. The average Bonchev–Trinajstić information content (AvgIpc) is 2.28. The fraction of sp³-hybridized carbons (Fsp3) is 0.273. The molecule has 1 atom stereocenters. The number of esters is 1. The number of ether oxygens (including phenoxy) is 1. The predicted octanol–water partition coefficient (Wildman–Crippen LogP) is 1.27. The number of rotatable bonds is 4. The van der Waals surface area contributed by atoms with Crippen molar-refractivity contribution in [3.63, 3.8) is 0 Å². The fourth-order valence-corrected chi connectivity index (χ4v) is 1.05. The molecule has 0 aliphatic heterocycles. The first kappa shape index (κ1) is 12.2. The van der Waals surface area contributed by atoms with Crippen LogP contribution < -0.4 is 0 Å². The lowest BCUT2D eigenvalue weighted by Crippen LogP contribution is -2.16. The first-order valence-corrected chi connectivity index (χ1v) is 4.77. The highest BCUT2D eigenvalue weighted by atomic mass is 16.6. The molecule has 5 nitrogen and oxygen atoms in total. The Morgan fingerprint density at radius 3 is 2.56 bits per heavy atom. The Labute approximate surface area is 92.3 Å². The first-order chi connectivity index (χ1) is 7.54. The van der Waals surface area contributed by atoms with E-state index in [1.807, 2.05) is 0 Å². The summed E-state index contributed by atoms with van der Waals surface area (Å²) in [5, 5.41) is 17.8. The summed E-state index contributed by atoms with van der Waals surface area (Å²) in [6.07, 6.45) is -0.884. The largest absolute Gasteiger partial charge is 0.478 e. The Morgan fingerprint density at radius 1 is 1.38 bits per heavy atom. The van der Waals surface area contributed by atoms with Crippen molar-refractivity contribution in [1.82, 2.24) is 0 Å². The van der Waals surface area contributed by atoms with Gasteiger partial charge in [-0.15, -0.1) is 0 Å². The predicted molar refractivity (Wildman–Crippen MR) is 55.1 cm³/mol. The monoisotopic (exact) mass is 224 g/mol. The van der Waals surface area contributed by atoms with E-state index in [1.165, 1.54) is 24.3 Å². The number of hydrogen-bond donors (Lipinski definition) is 2. The molecule has 0 saturated heterocycles. The van der Waals surface area contributed by atoms with Crippen LogP contribution in [0.15, 0.2) is 24.3 Å². The summed E-state index contributed by atoms with van der Waals surface area (Å²) in [6.45, 7) is 1.66. The molecule has 0 radical (unpaired) electrons. The fourth-order valence-electron chi connectivity index (χ4n) is 1.05. The Hall–Kier alpha value is -1.88. The van der Waals surface area contributed by atoms with Crippen molar-refractivity contribution in [2.24, 2.45) is 0 Å². The molecule has 16 heavy (non-hydrogen) atoms. The molecule has 0 saturated carbocycles. The second kappa shape index (κ2) is 5.27. The highest BCUT2D eigenvalue weighted by Crippen LogP contribution is 2.08. The SMILES string of the molecule is CCC(O)OC(=O)c1cccc(C(=O)O)c1. The number of carbonyl (C=O) groups excluding carboxylic acids is 1. The molecule has 0 spiro atoms. The molecule has 86 valence electrons. The molecular weight excluding hydrogens is 212 g/mol. The van der Waals surface area contributed by atoms with Gasteiger partial charge in [-0.1, -0.05) is 13.0 Å². The van der Waals surface area contributed by atoms with Gasteiger partial charge < -0.3 is 14.9 Å². The van der Waals surface area contributed by atoms with Crippen LogP contribution in [0.25, 0.3) is 0 Å². The normalized spacial score (nSPS) is 11.9. The third kappa shape index (κ3) is 3.06. The number of carboxylic acids is 1.